The van der Waals surface area contributed by atoms with E-state index in [1.807, 2.05) is 20.8 Å². The number of aryl methyl sites for hydroxylation is 2. The van der Waals surface area contributed by atoms with Gasteiger partial charge in [-0.2, -0.15) is 0 Å². The van der Waals surface area contributed by atoms with Crippen LogP contribution in [-0.4, -0.2) is 24.2 Å². The van der Waals surface area contributed by atoms with E-state index >= 15 is 0 Å². The molecular weight excluding hydrogens is 242 g/mol. The molecule has 1 atom stereocenters. The van der Waals surface area contributed by atoms with E-state index in [9.17, 15) is 4.79 Å². The normalized spacial score (nSPS) is 18.3. The van der Waals surface area contributed by atoms with E-state index in [4.69, 9.17) is 4.52 Å². The molecule has 1 aromatic heterocycles. The maximum absolute atomic E-state index is 12.1. The summed E-state index contributed by atoms with van der Waals surface area (Å²) in [6, 6.07) is -0.0412. The van der Waals surface area contributed by atoms with Crippen molar-refractivity contribution in [3.05, 3.63) is 17.0 Å². The Morgan fingerprint density at radius 3 is 2.74 bits per heavy atom. The summed E-state index contributed by atoms with van der Waals surface area (Å²) in [5.74, 6) is 1.42. The number of amides is 1. The van der Waals surface area contributed by atoms with Crippen molar-refractivity contribution in [2.75, 3.05) is 13.1 Å². The van der Waals surface area contributed by atoms with Gasteiger partial charge in [0.1, 0.15) is 5.76 Å². The van der Waals surface area contributed by atoms with Gasteiger partial charge < -0.3 is 15.2 Å². The Bertz CT molecular complexity index is 416. The molecule has 0 radical (unpaired) electrons. The predicted molar refractivity (Wildman–Crippen MR) is 72.7 cm³/mol. The van der Waals surface area contributed by atoms with Crippen molar-refractivity contribution in [2.45, 2.75) is 46.1 Å². The van der Waals surface area contributed by atoms with Crippen molar-refractivity contribution in [3.63, 3.8) is 0 Å². The molecule has 19 heavy (non-hydrogen) atoms. The number of hydrogen-bond donors (Lipinski definition) is 2. The van der Waals surface area contributed by atoms with Crippen molar-refractivity contribution < 1.29 is 9.32 Å². The Morgan fingerprint density at radius 2 is 2.16 bits per heavy atom. The highest BCUT2D eigenvalue weighted by Gasteiger charge is 2.21. The van der Waals surface area contributed by atoms with Gasteiger partial charge in [0.2, 0.25) is 5.91 Å². The molecule has 1 fully saturated rings. The molecule has 2 N–H and O–H groups in total. The van der Waals surface area contributed by atoms with E-state index in [0.29, 0.717) is 12.3 Å². The number of nitrogens with zero attached hydrogens (tertiary/aromatic N) is 1. The minimum atomic E-state index is -0.0412. The van der Waals surface area contributed by atoms with Gasteiger partial charge >= 0.3 is 0 Å². The first kappa shape index (κ1) is 14.1. The molecule has 5 nitrogen and oxygen atoms in total. The topological polar surface area (TPSA) is 67.2 Å². The first-order valence-corrected chi connectivity index (χ1v) is 7.00. The number of piperidine rings is 1. The van der Waals surface area contributed by atoms with E-state index in [1.54, 1.807) is 0 Å². The van der Waals surface area contributed by atoms with Crippen LogP contribution in [0.3, 0.4) is 0 Å². The fraction of sp³-hybridized carbons (Fsp3) is 0.714. The van der Waals surface area contributed by atoms with Gasteiger partial charge in [-0.15, -0.1) is 0 Å². The van der Waals surface area contributed by atoms with Gasteiger partial charge in [-0.05, 0) is 52.6 Å². The van der Waals surface area contributed by atoms with Crippen molar-refractivity contribution in [1.82, 2.24) is 15.8 Å². The van der Waals surface area contributed by atoms with Crippen LogP contribution < -0.4 is 10.6 Å². The first-order chi connectivity index (χ1) is 9.08. The zero-order valence-corrected chi connectivity index (χ0v) is 12.0. The highest BCUT2D eigenvalue weighted by atomic mass is 16.5. The number of hydrogen-bond acceptors (Lipinski definition) is 4. The second-order valence-corrected chi connectivity index (χ2v) is 5.42. The molecule has 5 heteroatoms. The van der Waals surface area contributed by atoms with Crippen LogP contribution in [0.2, 0.25) is 0 Å². The minimum Gasteiger partial charge on any atom is -0.361 e. The average molecular weight is 265 g/mol. The lowest BCUT2D eigenvalue weighted by Gasteiger charge is -2.23. The van der Waals surface area contributed by atoms with Crippen LogP contribution in [0.15, 0.2) is 4.52 Å². The fourth-order valence-corrected chi connectivity index (χ4v) is 2.83. The summed E-state index contributed by atoms with van der Waals surface area (Å²) in [7, 11) is 0. The van der Waals surface area contributed by atoms with Crippen LogP contribution >= 0.6 is 0 Å². The van der Waals surface area contributed by atoms with Gasteiger partial charge in [-0.25, -0.2) is 0 Å². The maximum Gasteiger partial charge on any atom is 0.220 e. The fourth-order valence-electron chi connectivity index (χ4n) is 2.83. The lowest BCUT2D eigenvalue weighted by atomic mass is 9.94. The molecular formula is C14H23N3O2. The van der Waals surface area contributed by atoms with E-state index in [0.717, 1.165) is 42.9 Å². The number of rotatable bonds is 4. The largest absolute Gasteiger partial charge is 0.361 e. The molecule has 0 aliphatic carbocycles. The van der Waals surface area contributed by atoms with Crippen molar-refractivity contribution in [1.29, 1.82) is 0 Å². The molecule has 106 valence electrons. The number of nitrogens with one attached hydrogen (secondary N) is 2. The summed E-state index contributed by atoms with van der Waals surface area (Å²) < 4.78 is 5.14. The standard InChI is InChI=1S/C14H23N3O2/c1-9(14-10(2)17-19-11(14)3)16-13(18)8-12-4-6-15-7-5-12/h9,12,15H,4-8H2,1-3H3,(H,16,18). The minimum absolute atomic E-state index is 0.0412. The van der Waals surface area contributed by atoms with Crippen LogP contribution in [0.1, 0.15) is 49.2 Å². The Morgan fingerprint density at radius 1 is 1.47 bits per heavy atom. The van der Waals surface area contributed by atoms with E-state index in [2.05, 4.69) is 15.8 Å². The van der Waals surface area contributed by atoms with Crippen LogP contribution in [0, 0.1) is 19.8 Å². The molecule has 0 aromatic carbocycles. The highest BCUT2D eigenvalue weighted by molar-refractivity contribution is 5.76. The molecule has 0 saturated carbocycles. The van der Waals surface area contributed by atoms with Crippen LogP contribution in [0.25, 0.3) is 0 Å². The molecule has 1 unspecified atom stereocenters. The van der Waals surface area contributed by atoms with Gasteiger partial charge in [-0.1, -0.05) is 5.16 Å². The Kier molecular flexibility index (Phi) is 4.58. The van der Waals surface area contributed by atoms with E-state index < -0.39 is 0 Å². The third-order valence-corrected chi connectivity index (χ3v) is 3.83. The molecule has 1 amide bonds. The highest BCUT2D eigenvalue weighted by Crippen LogP contribution is 2.22. The molecule has 1 aromatic rings. The molecule has 1 saturated heterocycles. The summed E-state index contributed by atoms with van der Waals surface area (Å²) in [6.45, 7) is 7.81. The Balaban J connectivity index is 1.88. The second-order valence-electron chi connectivity index (χ2n) is 5.42. The second kappa shape index (κ2) is 6.19. The molecule has 2 rings (SSSR count). The zero-order chi connectivity index (χ0) is 13.8. The summed E-state index contributed by atoms with van der Waals surface area (Å²) in [6.07, 6.45) is 2.80. The number of carbonyl (C=O) groups is 1. The number of aromatic nitrogens is 1. The molecule has 0 spiro atoms. The molecule has 0 bridgehead atoms. The van der Waals surface area contributed by atoms with Crippen molar-refractivity contribution in [3.8, 4) is 0 Å². The van der Waals surface area contributed by atoms with Gasteiger partial charge in [0.15, 0.2) is 0 Å². The summed E-state index contributed by atoms with van der Waals surface area (Å²) >= 11 is 0. The Hall–Kier alpha value is -1.36. The van der Waals surface area contributed by atoms with Crippen LogP contribution in [0.5, 0.6) is 0 Å². The van der Waals surface area contributed by atoms with Crippen molar-refractivity contribution >= 4 is 5.91 Å². The lowest BCUT2D eigenvalue weighted by Crippen LogP contribution is -2.33. The molecule has 1 aliphatic heterocycles. The van der Waals surface area contributed by atoms with Crippen molar-refractivity contribution in [2.24, 2.45) is 5.92 Å². The summed E-state index contributed by atoms with van der Waals surface area (Å²) in [5.41, 5.74) is 1.85. The molecule has 2 heterocycles. The van der Waals surface area contributed by atoms with Gasteiger partial charge in [0.25, 0.3) is 0 Å². The zero-order valence-electron chi connectivity index (χ0n) is 12.0. The van der Waals surface area contributed by atoms with Gasteiger partial charge in [0.05, 0.1) is 11.7 Å². The monoisotopic (exact) mass is 265 g/mol. The Labute approximate surface area is 114 Å². The van der Waals surface area contributed by atoms with Crippen LogP contribution in [0.4, 0.5) is 0 Å². The van der Waals surface area contributed by atoms with Gasteiger partial charge in [0, 0.05) is 12.0 Å². The van der Waals surface area contributed by atoms with E-state index in [1.165, 1.54) is 0 Å². The third kappa shape index (κ3) is 3.56. The quantitative estimate of drug-likeness (QED) is 0.872. The summed E-state index contributed by atoms with van der Waals surface area (Å²) in [5, 5.41) is 10.3. The SMILES string of the molecule is Cc1noc(C)c1C(C)NC(=O)CC1CCNCC1. The molecule has 1 aliphatic rings. The maximum atomic E-state index is 12.1. The lowest BCUT2D eigenvalue weighted by molar-refractivity contribution is -0.122. The average Bonchev–Trinajstić information content (AvgIpc) is 2.70. The first-order valence-electron chi connectivity index (χ1n) is 7.00. The smallest absolute Gasteiger partial charge is 0.220 e. The number of carbonyl (C=O) groups excluding carboxylic acids is 1. The predicted octanol–water partition coefficient (Wildman–Crippen LogP) is 1.86. The summed E-state index contributed by atoms with van der Waals surface area (Å²) in [4.78, 5) is 12.1. The van der Waals surface area contributed by atoms with Crippen LogP contribution in [-0.2, 0) is 4.79 Å². The van der Waals surface area contributed by atoms with Gasteiger partial charge in [-0.3, -0.25) is 4.79 Å². The third-order valence-electron chi connectivity index (χ3n) is 3.83. The van der Waals surface area contributed by atoms with E-state index in [-0.39, 0.29) is 11.9 Å².